The number of piperazine rings is 1. The molecular weight excluding hydrogens is 234 g/mol. The molecule has 0 spiro atoms. The molecule has 1 aromatic rings. The third-order valence-electron chi connectivity index (χ3n) is 3.11. The summed E-state index contributed by atoms with van der Waals surface area (Å²) in [5.74, 6) is -0.312. The van der Waals surface area contributed by atoms with Crippen LogP contribution in [0.25, 0.3) is 0 Å². The first kappa shape index (κ1) is 12.6. The molecule has 2 amide bonds. The maximum Gasteiger partial charge on any atom is 0.258 e. The quantitative estimate of drug-likeness (QED) is 0.621. The predicted molar refractivity (Wildman–Crippen MR) is 65.1 cm³/mol. The lowest BCUT2D eigenvalue weighted by atomic mass is 10.1. The van der Waals surface area contributed by atoms with Crippen LogP contribution in [0.4, 0.5) is 0 Å². The van der Waals surface area contributed by atoms with Crippen molar-refractivity contribution in [2.75, 3.05) is 26.7 Å². The van der Waals surface area contributed by atoms with E-state index in [2.05, 4.69) is 20.8 Å². The first-order valence-corrected chi connectivity index (χ1v) is 5.88. The van der Waals surface area contributed by atoms with Crippen LogP contribution in [0.2, 0.25) is 0 Å². The van der Waals surface area contributed by atoms with Crippen LogP contribution in [-0.4, -0.2) is 59.6 Å². The monoisotopic (exact) mass is 251 g/mol. The van der Waals surface area contributed by atoms with Gasteiger partial charge < -0.3 is 15.5 Å². The van der Waals surface area contributed by atoms with Crippen molar-refractivity contribution in [3.05, 3.63) is 17.5 Å². The molecule has 1 unspecified atom stereocenters. The van der Waals surface area contributed by atoms with Gasteiger partial charge in [-0.25, -0.2) is 0 Å². The van der Waals surface area contributed by atoms with Crippen molar-refractivity contribution in [2.45, 2.75) is 13.0 Å². The Morgan fingerprint density at radius 2 is 2.33 bits per heavy atom. The van der Waals surface area contributed by atoms with Gasteiger partial charge in [-0.1, -0.05) is 0 Å². The Labute approximate surface area is 105 Å². The number of H-pyrrole nitrogens is 1. The van der Waals surface area contributed by atoms with E-state index in [1.807, 2.05) is 0 Å². The number of nitrogens with one attached hydrogen (secondary N) is 3. The van der Waals surface area contributed by atoms with E-state index < -0.39 is 6.04 Å². The molecule has 1 aromatic heterocycles. The zero-order chi connectivity index (χ0) is 13.1. The van der Waals surface area contributed by atoms with Crippen molar-refractivity contribution in [1.82, 2.24) is 25.7 Å². The minimum absolute atomic E-state index is 0.156. The molecule has 0 aromatic carbocycles. The molecule has 98 valence electrons. The first-order valence-electron chi connectivity index (χ1n) is 5.88. The second-order valence-electron chi connectivity index (χ2n) is 4.24. The van der Waals surface area contributed by atoms with Crippen LogP contribution in [0, 0.1) is 6.92 Å². The zero-order valence-electron chi connectivity index (χ0n) is 10.5. The van der Waals surface area contributed by atoms with E-state index in [0.717, 1.165) is 0 Å². The second-order valence-corrected chi connectivity index (χ2v) is 4.24. The van der Waals surface area contributed by atoms with E-state index in [4.69, 9.17) is 0 Å². The lowest BCUT2D eigenvalue weighted by Crippen LogP contribution is -2.59. The summed E-state index contributed by atoms with van der Waals surface area (Å²) in [4.78, 5) is 25.7. The van der Waals surface area contributed by atoms with Gasteiger partial charge in [-0.15, -0.1) is 0 Å². The number of aromatic amines is 1. The highest BCUT2D eigenvalue weighted by atomic mass is 16.2. The Morgan fingerprint density at radius 1 is 1.56 bits per heavy atom. The van der Waals surface area contributed by atoms with Gasteiger partial charge >= 0.3 is 0 Å². The second kappa shape index (κ2) is 5.18. The average molecular weight is 251 g/mol. The highest BCUT2D eigenvalue weighted by molar-refractivity contribution is 5.98. The maximum atomic E-state index is 12.4. The van der Waals surface area contributed by atoms with Crippen molar-refractivity contribution in [2.24, 2.45) is 0 Å². The van der Waals surface area contributed by atoms with Gasteiger partial charge in [0.2, 0.25) is 5.91 Å². The van der Waals surface area contributed by atoms with Crippen LogP contribution in [0.5, 0.6) is 0 Å². The molecule has 0 saturated carbocycles. The van der Waals surface area contributed by atoms with Crippen LogP contribution in [0.15, 0.2) is 6.20 Å². The van der Waals surface area contributed by atoms with Gasteiger partial charge in [0.25, 0.3) is 5.91 Å². The van der Waals surface area contributed by atoms with Crippen LogP contribution in [-0.2, 0) is 4.79 Å². The SMILES string of the molecule is CNC(=O)C1CNCCN1C(=O)c1cn[nH]c1C. The van der Waals surface area contributed by atoms with Gasteiger partial charge in [0.05, 0.1) is 11.8 Å². The van der Waals surface area contributed by atoms with Gasteiger partial charge in [0.15, 0.2) is 0 Å². The summed E-state index contributed by atoms with van der Waals surface area (Å²) in [6.45, 7) is 3.47. The molecule has 0 aliphatic carbocycles. The van der Waals surface area contributed by atoms with Crippen molar-refractivity contribution >= 4 is 11.8 Å². The molecule has 7 nitrogen and oxygen atoms in total. The standard InChI is InChI=1S/C11H17N5O2/c1-7-8(5-14-15-7)11(18)16-4-3-13-6-9(16)10(17)12-2/h5,9,13H,3-4,6H2,1-2H3,(H,12,17)(H,14,15). The molecule has 0 radical (unpaired) electrons. The number of hydrogen-bond acceptors (Lipinski definition) is 4. The fraction of sp³-hybridized carbons (Fsp3) is 0.545. The number of rotatable bonds is 2. The summed E-state index contributed by atoms with van der Waals surface area (Å²) in [6, 6.07) is -0.467. The zero-order valence-corrected chi connectivity index (χ0v) is 10.5. The van der Waals surface area contributed by atoms with Crippen molar-refractivity contribution in [3.63, 3.8) is 0 Å². The molecule has 1 saturated heterocycles. The lowest BCUT2D eigenvalue weighted by Gasteiger charge is -2.34. The third kappa shape index (κ3) is 2.21. The minimum Gasteiger partial charge on any atom is -0.357 e. The molecule has 1 atom stereocenters. The number of aromatic nitrogens is 2. The van der Waals surface area contributed by atoms with Gasteiger partial charge in [0, 0.05) is 32.4 Å². The Kier molecular flexibility index (Phi) is 3.61. The van der Waals surface area contributed by atoms with E-state index in [-0.39, 0.29) is 11.8 Å². The smallest absolute Gasteiger partial charge is 0.258 e. The molecule has 2 rings (SSSR count). The molecule has 0 bridgehead atoms. The summed E-state index contributed by atoms with van der Waals surface area (Å²) in [7, 11) is 1.57. The van der Waals surface area contributed by atoms with E-state index in [9.17, 15) is 9.59 Å². The molecule has 7 heteroatoms. The molecule has 18 heavy (non-hydrogen) atoms. The number of amides is 2. The Bertz CT molecular complexity index is 456. The Balaban J connectivity index is 2.21. The fourth-order valence-corrected chi connectivity index (χ4v) is 2.07. The lowest BCUT2D eigenvalue weighted by molar-refractivity contribution is -0.125. The van der Waals surface area contributed by atoms with Crippen molar-refractivity contribution < 1.29 is 9.59 Å². The number of carbonyl (C=O) groups excluding carboxylic acids is 2. The molecule has 1 fully saturated rings. The number of aryl methyl sites for hydroxylation is 1. The van der Waals surface area contributed by atoms with Crippen LogP contribution < -0.4 is 10.6 Å². The van der Waals surface area contributed by atoms with Gasteiger partial charge in [-0.3, -0.25) is 14.7 Å². The molecule has 1 aliphatic rings. The summed E-state index contributed by atoms with van der Waals surface area (Å²) in [6.07, 6.45) is 1.50. The molecular formula is C11H17N5O2. The van der Waals surface area contributed by atoms with Gasteiger partial charge in [-0.2, -0.15) is 5.10 Å². The fourth-order valence-electron chi connectivity index (χ4n) is 2.07. The maximum absolute atomic E-state index is 12.4. The van der Waals surface area contributed by atoms with Crippen LogP contribution >= 0.6 is 0 Å². The van der Waals surface area contributed by atoms with Gasteiger partial charge in [-0.05, 0) is 6.92 Å². The van der Waals surface area contributed by atoms with E-state index in [0.29, 0.717) is 30.9 Å². The van der Waals surface area contributed by atoms with Crippen molar-refractivity contribution in [3.8, 4) is 0 Å². The summed E-state index contributed by atoms with van der Waals surface area (Å²) in [5.41, 5.74) is 1.24. The Morgan fingerprint density at radius 3 is 2.94 bits per heavy atom. The third-order valence-corrected chi connectivity index (χ3v) is 3.11. The van der Waals surface area contributed by atoms with Gasteiger partial charge in [0.1, 0.15) is 6.04 Å². The van der Waals surface area contributed by atoms with Crippen LogP contribution in [0.1, 0.15) is 16.1 Å². The van der Waals surface area contributed by atoms with Crippen LogP contribution in [0.3, 0.4) is 0 Å². The highest BCUT2D eigenvalue weighted by Gasteiger charge is 2.32. The topological polar surface area (TPSA) is 90.1 Å². The summed E-state index contributed by atoms with van der Waals surface area (Å²) >= 11 is 0. The molecule has 1 aliphatic heterocycles. The number of carbonyl (C=O) groups is 2. The van der Waals surface area contributed by atoms with E-state index in [1.165, 1.54) is 6.20 Å². The largest absolute Gasteiger partial charge is 0.357 e. The number of nitrogens with zero attached hydrogens (tertiary/aromatic N) is 2. The number of likely N-dealkylation sites (N-methyl/N-ethyl adjacent to an activating group) is 1. The Hall–Kier alpha value is -1.89. The molecule has 3 N–H and O–H groups in total. The first-order chi connectivity index (χ1) is 8.65. The molecule has 2 heterocycles. The minimum atomic E-state index is -0.467. The van der Waals surface area contributed by atoms with E-state index in [1.54, 1.807) is 18.9 Å². The van der Waals surface area contributed by atoms with E-state index >= 15 is 0 Å². The highest BCUT2D eigenvalue weighted by Crippen LogP contribution is 2.12. The summed E-state index contributed by atoms with van der Waals surface area (Å²) < 4.78 is 0. The number of hydrogen-bond donors (Lipinski definition) is 3. The average Bonchev–Trinajstić information content (AvgIpc) is 2.83. The van der Waals surface area contributed by atoms with Crippen molar-refractivity contribution in [1.29, 1.82) is 0 Å². The normalized spacial score (nSPS) is 19.7. The predicted octanol–water partition coefficient (Wildman–Crippen LogP) is -1.12. The summed E-state index contributed by atoms with van der Waals surface area (Å²) in [5, 5.41) is 12.3.